The summed E-state index contributed by atoms with van der Waals surface area (Å²) in [5.41, 5.74) is 6.46. The van der Waals surface area contributed by atoms with E-state index in [2.05, 4.69) is 0 Å². The topological polar surface area (TPSA) is 66.6 Å². The second-order valence-corrected chi connectivity index (χ2v) is 4.50. The Bertz CT molecular complexity index is 380. The number of amides is 1. The largest absolute Gasteiger partial charge is 0.378 e. The highest BCUT2D eigenvalue weighted by atomic mass is 16.3. The molecule has 1 fully saturated rings. The molecular formula is C13H18N2O2. The summed E-state index contributed by atoms with van der Waals surface area (Å²) in [6.45, 7) is 1.24. The Kier molecular flexibility index (Phi) is 3.76. The van der Waals surface area contributed by atoms with Crippen LogP contribution < -0.4 is 5.73 Å². The minimum atomic E-state index is -1.07. The fourth-order valence-corrected chi connectivity index (χ4v) is 2.16. The van der Waals surface area contributed by atoms with Crippen molar-refractivity contribution in [3.8, 4) is 0 Å². The number of nitrogens with two attached hydrogens (primary N) is 1. The summed E-state index contributed by atoms with van der Waals surface area (Å²) >= 11 is 0. The summed E-state index contributed by atoms with van der Waals surface area (Å²) in [4.78, 5) is 13.7. The first-order valence-corrected chi connectivity index (χ1v) is 5.96. The molecule has 2 atom stereocenters. The molecule has 0 bridgehead atoms. The normalized spacial score (nSPS) is 22.2. The zero-order valence-corrected chi connectivity index (χ0v) is 9.75. The van der Waals surface area contributed by atoms with Crippen molar-refractivity contribution in [3.05, 3.63) is 35.9 Å². The predicted octanol–water partition coefficient (Wildman–Crippen LogP) is 0.670. The number of nitrogens with zero attached hydrogens (tertiary/aromatic N) is 1. The Hall–Kier alpha value is -1.39. The molecule has 2 unspecified atom stereocenters. The van der Waals surface area contributed by atoms with E-state index in [1.807, 2.05) is 18.2 Å². The van der Waals surface area contributed by atoms with Gasteiger partial charge >= 0.3 is 0 Å². The number of benzene rings is 1. The average Bonchev–Trinajstić information content (AvgIpc) is 2.38. The first-order chi connectivity index (χ1) is 8.18. The molecule has 1 aromatic carbocycles. The number of hydrogen-bond acceptors (Lipinski definition) is 3. The van der Waals surface area contributed by atoms with E-state index in [-0.39, 0.29) is 11.9 Å². The molecule has 0 aromatic heterocycles. The molecule has 92 valence electrons. The van der Waals surface area contributed by atoms with Crippen molar-refractivity contribution in [3.63, 3.8) is 0 Å². The van der Waals surface area contributed by atoms with Gasteiger partial charge in [-0.15, -0.1) is 0 Å². The standard InChI is InChI=1S/C13H18N2O2/c14-11-7-4-8-15(9-11)13(17)12(16)10-5-2-1-3-6-10/h1-3,5-6,11-12,16H,4,7-9,14H2. The Morgan fingerprint density at radius 1 is 1.41 bits per heavy atom. The zero-order chi connectivity index (χ0) is 12.3. The number of likely N-dealkylation sites (tertiary alicyclic amines) is 1. The number of aliphatic hydroxyl groups is 1. The van der Waals surface area contributed by atoms with Crippen LogP contribution in [-0.2, 0) is 4.79 Å². The van der Waals surface area contributed by atoms with Crippen molar-refractivity contribution in [2.75, 3.05) is 13.1 Å². The zero-order valence-electron chi connectivity index (χ0n) is 9.75. The van der Waals surface area contributed by atoms with Crippen LogP contribution in [0.4, 0.5) is 0 Å². The van der Waals surface area contributed by atoms with E-state index in [0.29, 0.717) is 18.7 Å². The van der Waals surface area contributed by atoms with Gasteiger partial charge in [-0.25, -0.2) is 0 Å². The Morgan fingerprint density at radius 2 is 2.12 bits per heavy atom. The molecule has 4 heteroatoms. The van der Waals surface area contributed by atoms with Gasteiger partial charge in [0.1, 0.15) is 0 Å². The van der Waals surface area contributed by atoms with E-state index >= 15 is 0 Å². The average molecular weight is 234 g/mol. The van der Waals surface area contributed by atoms with Crippen molar-refractivity contribution in [2.24, 2.45) is 5.73 Å². The molecule has 4 nitrogen and oxygen atoms in total. The first-order valence-electron chi connectivity index (χ1n) is 5.96. The molecule has 1 aromatic rings. The Morgan fingerprint density at radius 3 is 2.76 bits per heavy atom. The van der Waals surface area contributed by atoms with Crippen LogP contribution in [0.5, 0.6) is 0 Å². The predicted molar refractivity (Wildman–Crippen MR) is 65.2 cm³/mol. The van der Waals surface area contributed by atoms with Gasteiger partial charge in [0, 0.05) is 19.1 Å². The highest BCUT2D eigenvalue weighted by Gasteiger charge is 2.27. The van der Waals surface area contributed by atoms with Gasteiger partial charge in [0.15, 0.2) is 6.10 Å². The van der Waals surface area contributed by atoms with Crippen LogP contribution >= 0.6 is 0 Å². The van der Waals surface area contributed by atoms with E-state index in [1.165, 1.54) is 0 Å². The molecule has 3 N–H and O–H groups in total. The third-order valence-electron chi connectivity index (χ3n) is 3.12. The highest BCUT2D eigenvalue weighted by molar-refractivity contribution is 5.82. The monoisotopic (exact) mass is 234 g/mol. The van der Waals surface area contributed by atoms with Crippen LogP contribution in [-0.4, -0.2) is 35.0 Å². The van der Waals surface area contributed by atoms with E-state index in [1.54, 1.807) is 17.0 Å². The molecule has 1 aliphatic heterocycles. The van der Waals surface area contributed by atoms with Crippen molar-refractivity contribution in [2.45, 2.75) is 25.0 Å². The molecule has 1 aliphatic rings. The van der Waals surface area contributed by atoms with Gasteiger partial charge in [-0.2, -0.15) is 0 Å². The number of piperidine rings is 1. The van der Waals surface area contributed by atoms with Crippen LogP contribution in [0.3, 0.4) is 0 Å². The second kappa shape index (κ2) is 5.29. The lowest BCUT2D eigenvalue weighted by atomic mass is 10.0. The molecule has 0 radical (unpaired) electrons. The molecule has 2 rings (SSSR count). The van der Waals surface area contributed by atoms with Gasteiger partial charge in [0.25, 0.3) is 5.91 Å². The number of carbonyl (C=O) groups excluding carboxylic acids is 1. The molecule has 1 heterocycles. The molecule has 1 saturated heterocycles. The molecular weight excluding hydrogens is 216 g/mol. The van der Waals surface area contributed by atoms with Crippen molar-refractivity contribution in [1.29, 1.82) is 0 Å². The fraction of sp³-hybridized carbons (Fsp3) is 0.462. The lowest BCUT2D eigenvalue weighted by Gasteiger charge is -2.32. The molecule has 17 heavy (non-hydrogen) atoms. The number of carbonyl (C=O) groups is 1. The third-order valence-corrected chi connectivity index (χ3v) is 3.12. The molecule has 1 amide bonds. The Balaban J connectivity index is 2.04. The van der Waals surface area contributed by atoms with E-state index in [4.69, 9.17) is 5.73 Å². The number of rotatable bonds is 2. The quantitative estimate of drug-likeness (QED) is 0.790. The maximum absolute atomic E-state index is 12.1. The summed E-state index contributed by atoms with van der Waals surface area (Å²) in [7, 11) is 0. The minimum Gasteiger partial charge on any atom is -0.378 e. The van der Waals surface area contributed by atoms with Crippen LogP contribution in [0, 0.1) is 0 Å². The number of hydrogen-bond donors (Lipinski definition) is 2. The maximum atomic E-state index is 12.1. The second-order valence-electron chi connectivity index (χ2n) is 4.50. The minimum absolute atomic E-state index is 0.0377. The van der Waals surface area contributed by atoms with Crippen LogP contribution in [0.2, 0.25) is 0 Å². The van der Waals surface area contributed by atoms with Gasteiger partial charge in [-0.3, -0.25) is 4.79 Å². The lowest BCUT2D eigenvalue weighted by Crippen LogP contribution is -2.47. The Labute approximate surface area is 101 Å². The maximum Gasteiger partial charge on any atom is 0.256 e. The van der Waals surface area contributed by atoms with Crippen molar-refractivity contribution >= 4 is 5.91 Å². The van der Waals surface area contributed by atoms with Gasteiger partial charge in [-0.05, 0) is 18.4 Å². The van der Waals surface area contributed by atoms with Gasteiger partial charge in [-0.1, -0.05) is 30.3 Å². The first kappa shape index (κ1) is 12.1. The fourth-order valence-electron chi connectivity index (χ4n) is 2.16. The van der Waals surface area contributed by atoms with E-state index < -0.39 is 6.10 Å². The van der Waals surface area contributed by atoms with E-state index in [9.17, 15) is 9.90 Å². The van der Waals surface area contributed by atoms with E-state index in [0.717, 1.165) is 12.8 Å². The van der Waals surface area contributed by atoms with Gasteiger partial charge in [0.05, 0.1) is 0 Å². The smallest absolute Gasteiger partial charge is 0.256 e. The summed E-state index contributed by atoms with van der Waals surface area (Å²) < 4.78 is 0. The number of aliphatic hydroxyl groups excluding tert-OH is 1. The molecule has 0 spiro atoms. The molecule has 0 saturated carbocycles. The summed E-state index contributed by atoms with van der Waals surface area (Å²) in [6.07, 6.45) is 0.793. The lowest BCUT2D eigenvalue weighted by molar-refractivity contribution is -0.141. The van der Waals surface area contributed by atoms with Crippen LogP contribution in [0.15, 0.2) is 30.3 Å². The van der Waals surface area contributed by atoms with Crippen LogP contribution in [0.1, 0.15) is 24.5 Å². The molecule has 0 aliphatic carbocycles. The van der Waals surface area contributed by atoms with Crippen molar-refractivity contribution in [1.82, 2.24) is 4.90 Å². The van der Waals surface area contributed by atoms with Crippen molar-refractivity contribution < 1.29 is 9.90 Å². The van der Waals surface area contributed by atoms with Gasteiger partial charge in [0.2, 0.25) is 0 Å². The summed E-state index contributed by atoms with van der Waals surface area (Å²) in [5.74, 6) is -0.244. The summed E-state index contributed by atoms with van der Waals surface area (Å²) in [6, 6.07) is 9.04. The highest BCUT2D eigenvalue weighted by Crippen LogP contribution is 2.18. The van der Waals surface area contributed by atoms with Gasteiger partial charge < -0.3 is 15.7 Å². The third kappa shape index (κ3) is 2.84. The summed E-state index contributed by atoms with van der Waals surface area (Å²) in [5, 5.41) is 10.00. The van der Waals surface area contributed by atoms with Crippen LogP contribution in [0.25, 0.3) is 0 Å². The SMILES string of the molecule is NC1CCCN(C(=O)C(O)c2ccccc2)C1.